The van der Waals surface area contributed by atoms with Gasteiger partial charge in [-0.2, -0.15) is 0 Å². The zero-order valence-electron chi connectivity index (χ0n) is 8.92. The summed E-state index contributed by atoms with van der Waals surface area (Å²) in [7, 11) is 0. The molecule has 2 nitrogen and oxygen atoms in total. The van der Waals surface area contributed by atoms with Crippen molar-refractivity contribution in [2.45, 2.75) is 45.4 Å². The van der Waals surface area contributed by atoms with Crippen LogP contribution >= 0.6 is 11.3 Å². The van der Waals surface area contributed by atoms with Gasteiger partial charge in [-0.15, -0.1) is 11.3 Å². The van der Waals surface area contributed by atoms with Crippen LogP contribution in [0.15, 0.2) is 5.38 Å². The number of hydrogen-bond acceptors (Lipinski definition) is 3. The third-order valence-electron chi connectivity index (χ3n) is 3.23. The minimum absolute atomic E-state index is 0.541. The Bertz CT molecular complexity index is 307. The van der Waals surface area contributed by atoms with Gasteiger partial charge in [-0.25, -0.2) is 4.98 Å². The SMILES string of the molecule is CC1(C)CCC(c2nc(N)cs2)CC1. The third kappa shape index (κ3) is 2.08. The van der Waals surface area contributed by atoms with Gasteiger partial charge in [0.15, 0.2) is 0 Å². The van der Waals surface area contributed by atoms with Gasteiger partial charge in [0.05, 0.1) is 5.01 Å². The molecule has 1 aliphatic rings. The monoisotopic (exact) mass is 210 g/mol. The highest BCUT2D eigenvalue weighted by Crippen LogP contribution is 2.43. The molecule has 0 atom stereocenters. The lowest BCUT2D eigenvalue weighted by atomic mass is 9.73. The quantitative estimate of drug-likeness (QED) is 0.771. The van der Waals surface area contributed by atoms with Crippen LogP contribution in [0.3, 0.4) is 0 Å². The van der Waals surface area contributed by atoms with E-state index in [0.29, 0.717) is 17.2 Å². The molecule has 0 amide bonds. The second kappa shape index (κ2) is 3.54. The molecule has 2 N–H and O–H groups in total. The van der Waals surface area contributed by atoms with Gasteiger partial charge >= 0.3 is 0 Å². The summed E-state index contributed by atoms with van der Waals surface area (Å²) in [6, 6.07) is 0. The molecular weight excluding hydrogens is 192 g/mol. The van der Waals surface area contributed by atoms with Gasteiger partial charge in [-0.05, 0) is 31.1 Å². The highest BCUT2D eigenvalue weighted by molar-refractivity contribution is 7.10. The van der Waals surface area contributed by atoms with E-state index in [2.05, 4.69) is 18.8 Å². The Balaban J connectivity index is 2.02. The summed E-state index contributed by atoms with van der Waals surface area (Å²) in [6.07, 6.45) is 5.19. The Labute approximate surface area is 89.5 Å². The summed E-state index contributed by atoms with van der Waals surface area (Å²) in [5.74, 6) is 1.36. The highest BCUT2D eigenvalue weighted by Gasteiger charge is 2.28. The number of nitrogens with two attached hydrogens (primary N) is 1. The van der Waals surface area contributed by atoms with Crippen molar-refractivity contribution in [3.63, 3.8) is 0 Å². The molecule has 1 aliphatic carbocycles. The zero-order valence-corrected chi connectivity index (χ0v) is 9.73. The van der Waals surface area contributed by atoms with Gasteiger partial charge in [0.25, 0.3) is 0 Å². The van der Waals surface area contributed by atoms with Gasteiger partial charge in [-0.1, -0.05) is 13.8 Å². The van der Waals surface area contributed by atoms with Gasteiger partial charge in [-0.3, -0.25) is 0 Å². The summed E-state index contributed by atoms with van der Waals surface area (Å²) in [4.78, 5) is 4.38. The lowest BCUT2D eigenvalue weighted by Gasteiger charge is -2.33. The molecule has 1 saturated carbocycles. The second-order valence-corrected chi connectivity index (χ2v) is 5.94. The minimum Gasteiger partial charge on any atom is -0.383 e. The van der Waals surface area contributed by atoms with Crippen LogP contribution in [0.25, 0.3) is 0 Å². The number of anilines is 1. The molecule has 14 heavy (non-hydrogen) atoms. The van der Waals surface area contributed by atoms with Gasteiger partial charge < -0.3 is 5.73 Å². The van der Waals surface area contributed by atoms with Crippen LogP contribution in [0.4, 0.5) is 5.82 Å². The topological polar surface area (TPSA) is 38.9 Å². The number of hydrogen-bond donors (Lipinski definition) is 1. The van der Waals surface area contributed by atoms with Gasteiger partial charge in [0.1, 0.15) is 5.82 Å². The average molecular weight is 210 g/mol. The van der Waals surface area contributed by atoms with E-state index in [1.165, 1.54) is 30.7 Å². The van der Waals surface area contributed by atoms with Crippen LogP contribution in [-0.4, -0.2) is 4.98 Å². The van der Waals surface area contributed by atoms with E-state index < -0.39 is 0 Å². The van der Waals surface area contributed by atoms with Crippen molar-refractivity contribution < 1.29 is 0 Å². The lowest BCUT2D eigenvalue weighted by Crippen LogP contribution is -2.20. The Morgan fingerprint density at radius 1 is 1.43 bits per heavy atom. The number of nitrogens with zero attached hydrogens (tertiary/aromatic N) is 1. The van der Waals surface area contributed by atoms with E-state index in [4.69, 9.17) is 5.73 Å². The fraction of sp³-hybridized carbons (Fsp3) is 0.727. The molecule has 1 fully saturated rings. The Hall–Kier alpha value is -0.570. The van der Waals surface area contributed by atoms with E-state index in [1.54, 1.807) is 11.3 Å². The lowest BCUT2D eigenvalue weighted by molar-refractivity contribution is 0.224. The van der Waals surface area contributed by atoms with Crippen molar-refractivity contribution >= 4 is 17.2 Å². The Kier molecular flexibility index (Phi) is 2.52. The molecule has 0 aliphatic heterocycles. The molecule has 0 aromatic carbocycles. The van der Waals surface area contributed by atoms with Crippen LogP contribution in [0, 0.1) is 5.41 Å². The minimum atomic E-state index is 0.541. The maximum Gasteiger partial charge on any atom is 0.134 e. The first kappa shape index (κ1) is 9.97. The summed E-state index contributed by atoms with van der Waals surface area (Å²) in [6.45, 7) is 4.72. The normalized spacial score (nSPS) is 22.4. The first-order chi connectivity index (χ1) is 6.57. The van der Waals surface area contributed by atoms with Crippen LogP contribution in [-0.2, 0) is 0 Å². The first-order valence-corrected chi connectivity index (χ1v) is 6.16. The van der Waals surface area contributed by atoms with E-state index in [1.807, 2.05) is 5.38 Å². The molecule has 1 aromatic heterocycles. The maximum absolute atomic E-state index is 5.64. The van der Waals surface area contributed by atoms with Crippen LogP contribution in [0.5, 0.6) is 0 Å². The molecule has 3 heteroatoms. The molecule has 1 aromatic rings. The third-order valence-corrected chi connectivity index (χ3v) is 4.25. The maximum atomic E-state index is 5.64. The van der Waals surface area contributed by atoms with Crippen molar-refractivity contribution in [2.75, 3.05) is 5.73 Å². The smallest absolute Gasteiger partial charge is 0.134 e. The molecule has 1 heterocycles. The first-order valence-electron chi connectivity index (χ1n) is 5.28. The largest absolute Gasteiger partial charge is 0.383 e. The Morgan fingerprint density at radius 2 is 2.07 bits per heavy atom. The molecule has 0 unspecified atom stereocenters. The molecule has 78 valence electrons. The van der Waals surface area contributed by atoms with Crippen LogP contribution in [0.1, 0.15) is 50.5 Å². The highest BCUT2D eigenvalue weighted by atomic mass is 32.1. The predicted octanol–water partition coefficient (Wildman–Crippen LogP) is 3.41. The fourth-order valence-electron chi connectivity index (χ4n) is 2.13. The van der Waals surface area contributed by atoms with Crippen molar-refractivity contribution in [3.05, 3.63) is 10.4 Å². The standard InChI is InChI=1S/C11H18N2S/c1-11(2)5-3-8(4-6-11)10-13-9(12)7-14-10/h7-8H,3-6,12H2,1-2H3. The zero-order chi connectivity index (χ0) is 10.2. The Morgan fingerprint density at radius 3 is 2.57 bits per heavy atom. The van der Waals surface area contributed by atoms with E-state index in [9.17, 15) is 0 Å². The van der Waals surface area contributed by atoms with Gasteiger partial charge in [0, 0.05) is 11.3 Å². The summed E-state index contributed by atoms with van der Waals surface area (Å²) in [5.41, 5.74) is 6.18. The second-order valence-electron chi connectivity index (χ2n) is 5.05. The molecule has 0 saturated heterocycles. The van der Waals surface area contributed by atoms with Crippen molar-refractivity contribution in [1.29, 1.82) is 0 Å². The van der Waals surface area contributed by atoms with Crippen molar-refractivity contribution in [2.24, 2.45) is 5.41 Å². The number of aromatic nitrogens is 1. The molecule has 2 rings (SSSR count). The van der Waals surface area contributed by atoms with E-state index in [-0.39, 0.29) is 0 Å². The number of nitrogen functional groups attached to an aromatic ring is 1. The molecule has 0 spiro atoms. The van der Waals surface area contributed by atoms with E-state index in [0.717, 1.165) is 0 Å². The summed E-state index contributed by atoms with van der Waals surface area (Å²) < 4.78 is 0. The predicted molar refractivity (Wildman–Crippen MR) is 61.5 cm³/mol. The molecule has 0 bridgehead atoms. The average Bonchev–Trinajstić information content (AvgIpc) is 2.52. The van der Waals surface area contributed by atoms with Crippen molar-refractivity contribution in [3.8, 4) is 0 Å². The van der Waals surface area contributed by atoms with Crippen molar-refractivity contribution in [1.82, 2.24) is 4.98 Å². The fourth-order valence-corrected chi connectivity index (χ4v) is 3.01. The van der Waals surface area contributed by atoms with E-state index >= 15 is 0 Å². The summed E-state index contributed by atoms with van der Waals surface area (Å²) >= 11 is 1.72. The summed E-state index contributed by atoms with van der Waals surface area (Å²) in [5, 5.41) is 3.20. The van der Waals surface area contributed by atoms with Crippen LogP contribution < -0.4 is 5.73 Å². The number of thiazole rings is 1. The van der Waals surface area contributed by atoms with Gasteiger partial charge in [0.2, 0.25) is 0 Å². The molecular formula is C11H18N2S. The van der Waals surface area contributed by atoms with Crippen LogP contribution in [0.2, 0.25) is 0 Å². The molecule has 0 radical (unpaired) electrons. The number of rotatable bonds is 1.